The molecule has 6 nitrogen and oxygen atoms in total. The molecule has 122 valence electrons. The van der Waals surface area contributed by atoms with Crippen molar-refractivity contribution in [2.75, 3.05) is 13.7 Å². The summed E-state index contributed by atoms with van der Waals surface area (Å²) in [7, 11) is 1.53. The number of amides is 2. The second-order valence-corrected chi connectivity index (χ2v) is 5.93. The first-order chi connectivity index (χ1) is 11.0. The molecule has 1 aromatic carbocycles. The van der Waals surface area contributed by atoms with Gasteiger partial charge in [-0.25, -0.2) is 0 Å². The molecule has 8 heteroatoms. The number of benzene rings is 1. The summed E-state index contributed by atoms with van der Waals surface area (Å²) in [4.78, 5) is 23.8. The molecule has 0 bridgehead atoms. The van der Waals surface area contributed by atoms with Crippen molar-refractivity contribution in [2.45, 2.75) is 13.3 Å². The fourth-order valence-electron chi connectivity index (χ4n) is 1.91. The van der Waals surface area contributed by atoms with E-state index in [9.17, 15) is 9.59 Å². The summed E-state index contributed by atoms with van der Waals surface area (Å²) in [5, 5.41) is 4.77. The van der Waals surface area contributed by atoms with E-state index in [-0.39, 0.29) is 10.7 Å². The number of carbonyl (C=O) groups excluding carboxylic acids is 2. The molecular weight excluding hydrogens is 384 g/mol. The Kier molecular flexibility index (Phi) is 5.73. The molecule has 1 aliphatic heterocycles. The van der Waals surface area contributed by atoms with Gasteiger partial charge in [0.25, 0.3) is 11.8 Å². The fraction of sp³-hybridized carbons (Fsp3) is 0.267. The lowest BCUT2D eigenvalue weighted by Gasteiger charge is -2.17. The number of hydrogen-bond donors (Lipinski definition) is 2. The second-order valence-electron chi connectivity index (χ2n) is 4.67. The number of halogens is 1. The predicted octanol–water partition coefficient (Wildman–Crippen LogP) is 2.16. The van der Waals surface area contributed by atoms with Crippen LogP contribution in [0.15, 0.2) is 22.2 Å². The van der Waals surface area contributed by atoms with Gasteiger partial charge in [0.2, 0.25) is 0 Å². The van der Waals surface area contributed by atoms with Crippen LogP contribution in [0.3, 0.4) is 0 Å². The minimum Gasteiger partial charge on any atom is -0.493 e. The van der Waals surface area contributed by atoms with E-state index in [0.717, 1.165) is 6.42 Å². The van der Waals surface area contributed by atoms with E-state index >= 15 is 0 Å². The Hall–Kier alpha value is -1.93. The molecule has 1 heterocycles. The Balaban J connectivity index is 2.39. The van der Waals surface area contributed by atoms with E-state index in [4.69, 9.17) is 21.7 Å². The number of carbonyl (C=O) groups is 2. The Morgan fingerprint density at radius 1 is 1.22 bits per heavy atom. The highest BCUT2D eigenvalue weighted by Gasteiger charge is 2.26. The third-order valence-electron chi connectivity index (χ3n) is 2.99. The highest BCUT2D eigenvalue weighted by atomic mass is 79.9. The number of hydrogen-bond acceptors (Lipinski definition) is 5. The van der Waals surface area contributed by atoms with E-state index in [1.54, 1.807) is 12.1 Å². The summed E-state index contributed by atoms with van der Waals surface area (Å²) in [6.45, 7) is 2.57. The number of thiocarbonyl (C=S) groups is 1. The maximum absolute atomic E-state index is 11.9. The van der Waals surface area contributed by atoms with Crippen LogP contribution in [-0.2, 0) is 9.59 Å². The molecule has 0 aliphatic carbocycles. The van der Waals surface area contributed by atoms with Crippen LogP contribution in [0, 0.1) is 0 Å². The predicted molar refractivity (Wildman–Crippen MR) is 93.3 cm³/mol. The minimum atomic E-state index is -0.545. The third kappa shape index (κ3) is 4.08. The molecule has 2 amide bonds. The van der Waals surface area contributed by atoms with Crippen LogP contribution in [0.2, 0.25) is 0 Å². The molecule has 0 radical (unpaired) electrons. The topological polar surface area (TPSA) is 76.7 Å². The van der Waals surface area contributed by atoms with E-state index < -0.39 is 11.8 Å². The standard InChI is InChI=1S/C15H15BrN2O4S/c1-3-4-22-12-7-10(16)8(6-11(12)21-2)5-9-13(19)17-15(23)18-14(9)20/h5-7H,3-4H2,1-2H3,(H2,17,18,19,20,23). The zero-order valence-electron chi connectivity index (χ0n) is 12.6. The molecule has 0 spiro atoms. The lowest BCUT2D eigenvalue weighted by atomic mass is 10.1. The van der Waals surface area contributed by atoms with Crippen LogP contribution in [0.25, 0.3) is 6.08 Å². The Labute approximate surface area is 147 Å². The van der Waals surface area contributed by atoms with Crippen molar-refractivity contribution in [1.29, 1.82) is 0 Å². The van der Waals surface area contributed by atoms with Gasteiger partial charge in [0.1, 0.15) is 5.57 Å². The molecule has 23 heavy (non-hydrogen) atoms. The molecular formula is C15H15BrN2O4S. The summed E-state index contributed by atoms with van der Waals surface area (Å²) in [5.41, 5.74) is 0.572. The van der Waals surface area contributed by atoms with Crippen molar-refractivity contribution in [2.24, 2.45) is 0 Å². The zero-order valence-corrected chi connectivity index (χ0v) is 15.0. The zero-order chi connectivity index (χ0) is 17.0. The molecule has 0 unspecified atom stereocenters. The van der Waals surface area contributed by atoms with Gasteiger partial charge in [-0.15, -0.1) is 0 Å². The Bertz CT molecular complexity index is 681. The number of ether oxygens (including phenoxy) is 2. The van der Waals surface area contributed by atoms with Crippen LogP contribution in [-0.4, -0.2) is 30.6 Å². The van der Waals surface area contributed by atoms with Crippen LogP contribution < -0.4 is 20.1 Å². The normalized spacial score (nSPS) is 14.2. The number of rotatable bonds is 5. The van der Waals surface area contributed by atoms with Gasteiger partial charge in [0.15, 0.2) is 16.6 Å². The van der Waals surface area contributed by atoms with Crippen molar-refractivity contribution in [3.8, 4) is 11.5 Å². The first-order valence-corrected chi connectivity index (χ1v) is 8.05. The minimum absolute atomic E-state index is 0.00268. The van der Waals surface area contributed by atoms with Gasteiger partial charge in [-0.3, -0.25) is 20.2 Å². The van der Waals surface area contributed by atoms with Crippen LogP contribution in [0.1, 0.15) is 18.9 Å². The molecule has 1 aliphatic rings. The summed E-state index contributed by atoms with van der Waals surface area (Å²) >= 11 is 8.18. The molecule has 2 rings (SSSR count). The largest absolute Gasteiger partial charge is 0.493 e. The maximum Gasteiger partial charge on any atom is 0.263 e. The van der Waals surface area contributed by atoms with E-state index in [1.165, 1.54) is 13.2 Å². The molecule has 0 aromatic heterocycles. The first kappa shape index (κ1) is 17.4. The van der Waals surface area contributed by atoms with Crippen molar-refractivity contribution in [3.63, 3.8) is 0 Å². The highest BCUT2D eigenvalue weighted by Crippen LogP contribution is 2.34. The molecule has 1 aromatic rings. The smallest absolute Gasteiger partial charge is 0.263 e. The molecule has 2 N–H and O–H groups in total. The van der Waals surface area contributed by atoms with Gasteiger partial charge in [-0.2, -0.15) is 0 Å². The van der Waals surface area contributed by atoms with Crippen molar-refractivity contribution < 1.29 is 19.1 Å². The number of nitrogens with one attached hydrogen (secondary N) is 2. The van der Waals surface area contributed by atoms with Crippen molar-refractivity contribution >= 4 is 51.2 Å². The van der Waals surface area contributed by atoms with Crippen LogP contribution in [0.5, 0.6) is 11.5 Å². The van der Waals surface area contributed by atoms with E-state index in [1.807, 2.05) is 6.92 Å². The molecule has 1 saturated heterocycles. The van der Waals surface area contributed by atoms with Crippen LogP contribution in [0.4, 0.5) is 0 Å². The van der Waals surface area contributed by atoms with Crippen molar-refractivity contribution in [3.05, 3.63) is 27.7 Å². The van der Waals surface area contributed by atoms with Gasteiger partial charge < -0.3 is 9.47 Å². The van der Waals surface area contributed by atoms with Crippen molar-refractivity contribution in [1.82, 2.24) is 10.6 Å². The lowest BCUT2D eigenvalue weighted by molar-refractivity contribution is -0.123. The molecule has 1 fully saturated rings. The van der Waals surface area contributed by atoms with Gasteiger partial charge in [0.05, 0.1) is 13.7 Å². The monoisotopic (exact) mass is 398 g/mol. The second kappa shape index (κ2) is 7.56. The average molecular weight is 399 g/mol. The fourth-order valence-corrected chi connectivity index (χ4v) is 2.53. The highest BCUT2D eigenvalue weighted by molar-refractivity contribution is 9.10. The van der Waals surface area contributed by atoms with E-state index in [0.29, 0.717) is 28.1 Å². The average Bonchev–Trinajstić information content (AvgIpc) is 2.50. The van der Waals surface area contributed by atoms with Gasteiger partial charge in [-0.1, -0.05) is 22.9 Å². The maximum atomic E-state index is 11.9. The summed E-state index contributed by atoms with van der Waals surface area (Å²) in [6, 6.07) is 3.43. The lowest BCUT2D eigenvalue weighted by Crippen LogP contribution is -2.51. The summed E-state index contributed by atoms with van der Waals surface area (Å²) < 4.78 is 11.6. The number of methoxy groups -OCH3 is 1. The van der Waals surface area contributed by atoms with Gasteiger partial charge in [-0.05, 0) is 42.4 Å². The molecule has 0 saturated carbocycles. The quantitative estimate of drug-likeness (QED) is 0.451. The Morgan fingerprint density at radius 2 is 1.87 bits per heavy atom. The third-order valence-corrected chi connectivity index (χ3v) is 3.88. The summed E-state index contributed by atoms with van der Waals surface area (Å²) in [5.74, 6) is 0.00889. The van der Waals surface area contributed by atoms with E-state index in [2.05, 4.69) is 26.6 Å². The Morgan fingerprint density at radius 3 is 2.43 bits per heavy atom. The van der Waals surface area contributed by atoms with Crippen LogP contribution >= 0.6 is 28.1 Å². The summed E-state index contributed by atoms with van der Waals surface area (Å²) in [6.07, 6.45) is 2.33. The SMILES string of the molecule is CCCOc1cc(Br)c(C=C2C(=O)NC(=S)NC2=O)cc1OC. The molecule has 0 atom stereocenters. The van der Waals surface area contributed by atoms with Gasteiger partial charge in [0, 0.05) is 4.47 Å². The first-order valence-electron chi connectivity index (χ1n) is 6.85. The van der Waals surface area contributed by atoms with Gasteiger partial charge >= 0.3 is 0 Å².